The number of nitrogens with one attached hydrogen (secondary N) is 2. The van der Waals surface area contributed by atoms with Crippen LogP contribution >= 0.6 is 0 Å². The largest absolute Gasteiger partial charge is 0.480 e. The Labute approximate surface area is 119 Å². The minimum absolute atomic E-state index is 0.155. The van der Waals surface area contributed by atoms with E-state index >= 15 is 0 Å². The Kier molecular flexibility index (Phi) is 7.65. The summed E-state index contributed by atoms with van der Waals surface area (Å²) in [7, 11) is 0. The third-order valence-electron chi connectivity index (χ3n) is 2.71. The molecule has 1 rings (SSSR count). The van der Waals surface area contributed by atoms with Gasteiger partial charge < -0.3 is 15.4 Å². The van der Waals surface area contributed by atoms with Gasteiger partial charge in [-0.15, -0.1) is 0 Å². The van der Waals surface area contributed by atoms with Crippen LogP contribution < -0.4 is 15.4 Å². The van der Waals surface area contributed by atoms with Crippen LogP contribution in [0.25, 0.3) is 0 Å². The minimum atomic E-state index is -0.441. The Morgan fingerprint density at radius 3 is 2.70 bits per heavy atom. The van der Waals surface area contributed by atoms with Gasteiger partial charge >= 0.3 is 0 Å². The maximum Gasteiger partial charge on any atom is 0.257 e. The van der Waals surface area contributed by atoms with E-state index in [1.165, 1.54) is 6.07 Å². The molecule has 0 bridgehead atoms. The van der Waals surface area contributed by atoms with E-state index in [2.05, 4.69) is 17.6 Å². The second kappa shape index (κ2) is 9.31. The van der Waals surface area contributed by atoms with Crippen molar-refractivity contribution in [2.75, 3.05) is 19.7 Å². The normalized spacial score (nSPS) is 10.3. The van der Waals surface area contributed by atoms with Crippen molar-refractivity contribution in [3.63, 3.8) is 0 Å². The molecular formula is C15H23FN2O2. The van der Waals surface area contributed by atoms with Gasteiger partial charge in [-0.2, -0.15) is 0 Å². The number of halogens is 1. The van der Waals surface area contributed by atoms with Crippen LogP contribution in [0.2, 0.25) is 0 Å². The number of amides is 1. The van der Waals surface area contributed by atoms with Gasteiger partial charge in [0.15, 0.2) is 18.2 Å². The van der Waals surface area contributed by atoms with Crippen LogP contribution in [0.15, 0.2) is 18.2 Å². The third-order valence-corrected chi connectivity index (χ3v) is 2.71. The van der Waals surface area contributed by atoms with Crippen molar-refractivity contribution in [2.24, 2.45) is 0 Å². The molecule has 1 aromatic carbocycles. The molecule has 5 heteroatoms. The zero-order chi connectivity index (χ0) is 14.8. The second-order valence-electron chi connectivity index (χ2n) is 4.54. The van der Waals surface area contributed by atoms with Crippen molar-refractivity contribution in [3.05, 3.63) is 29.6 Å². The van der Waals surface area contributed by atoms with E-state index in [1.807, 2.05) is 6.92 Å². The molecule has 112 valence electrons. The van der Waals surface area contributed by atoms with Gasteiger partial charge in [0, 0.05) is 18.7 Å². The molecule has 0 saturated carbocycles. The van der Waals surface area contributed by atoms with Crippen molar-refractivity contribution < 1.29 is 13.9 Å². The van der Waals surface area contributed by atoms with Gasteiger partial charge in [-0.05, 0) is 25.5 Å². The van der Waals surface area contributed by atoms with Crippen LogP contribution in [-0.2, 0) is 11.3 Å². The topological polar surface area (TPSA) is 50.4 Å². The first kappa shape index (κ1) is 16.4. The lowest BCUT2D eigenvalue weighted by molar-refractivity contribution is -0.123. The molecule has 0 aliphatic heterocycles. The molecule has 0 saturated heterocycles. The highest BCUT2D eigenvalue weighted by atomic mass is 19.1. The monoisotopic (exact) mass is 282 g/mol. The standard InChI is InChI=1S/C15H23FN2O2/c1-3-8-17-10-12-6-5-7-13(16)15(12)20-11-14(19)18-9-4-2/h5-7,17H,3-4,8-11H2,1-2H3,(H,18,19). The number of rotatable bonds is 9. The van der Waals surface area contributed by atoms with Crippen LogP contribution in [0.3, 0.4) is 0 Å². The van der Waals surface area contributed by atoms with E-state index in [0.29, 0.717) is 13.1 Å². The molecule has 0 aliphatic carbocycles. The smallest absolute Gasteiger partial charge is 0.257 e. The van der Waals surface area contributed by atoms with Crippen LogP contribution in [0.4, 0.5) is 4.39 Å². The summed E-state index contributed by atoms with van der Waals surface area (Å²) in [4.78, 5) is 11.5. The van der Waals surface area contributed by atoms with Gasteiger partial charge in [-0.1, -0.05) is 26.0 Å². The molecule has 0 spiro atoms. The van der Waals surface area contributed by atoms with Gasteiger partial charge in [0.25, 0.3) is 5.91 Å². The molecule has 1 amide bonds. The zero-order valence-corrected chi connectivity index (χ0v) is 12.2. The molecule has 0 fully saturated rings. The predicted molar refractivity (Wildman–Crippen MR) is 77.2 cm³/mol. The average molecular weight is 282 g/mol. The Morgan fingerprint density at radius 2 is 2.00 bits per heavy atom. The van der Waals surface area contributed by atoms with Gasteiger partial charge in [0.05, 0.1) is 0 Å². The summed E-state index contributed by atoms with van der Waals surface area (Å²) in [5, 5.41) is 5.89. The summed E-state index contributed by atoms with van der Waals surface area (Å²) in [6.07, 6.45) is 1.86. The van der Waals surface area contributed by atoms with Crippen LogP contribution in [0.1, 0.15) is 32.3 Å². The number of benzene rings is 1. The van der Waals surface area contributed by atoms with Crippen LogP contribution in [0, 0.1) is 5.82 Å². The molecule has 4 nitrogen and oxygen atoms in total. The zero-order valence-electron chi connectivity index (χ0n) is 12.2. The maximum atomic E-state index is 13.8. The lowest BCUT2D eigenvalue weighted by Gasteiger charge is -2.13. The summed E-state index contributed by atoms with van der Waals surface area (Å²) in [6, 6.07) is 4.77. The first-order valence-electron chi connectivity index (χ1n) is 7.06. The molecule has 20 heavy (non-hydrogen) atoms. The Hall–Kier alpha value is -1.62. The number of hydrogen-bond donors (Lipinski definition) is 2. The summed E-state index contributed by atoms with van der Waals surface area (Å²) in [5.74, 6) is -0.519. The quantitative estimate of drug-likeness (QED) is 0.683. The van der Waals surface area contributed by atoms with E-state index < -0.39 is 5.82 Å². The fourth-order valence-electron chi connectivity index (χ4n) is 1.71. The molecule has 0 aromatic heterocycles. The first-order valence-corrected chi connectivity index (χ1v) is 7.06. The van der Waals surface area contributed by atoms with E-state index in [4.69, 9.17) is 4.74 Å². The van der Waals surface area contributed by atoms with E-state index in [0.717, 1.165) is 24.9 Å². The van der Waals surface area contributed by atoms with E-state index in [1.54, 1.807) is 12.1 Å². The van der Waals surface area contributed by atoms with Gasteiger partial charge in [0.1, 0.15) is 0 Å². The second-order valence-corrected chi connectivity index (χ2v) is 4.54. The maximum absolute atomic E-state index is 13.8. The van der Waals surface area contributed by atoms with Gasteiger partial charge in [-0.25, -0.2) is 4.39 Å². The van der Waals surface area contributed by atoms with Crippen molar-refractivity contribution in [3.8, 4) is 5.75 Å². The molecule has 1 aromatic rings. The summed E-state index contributed by atoms with van der Waals surface area (Å²) in [5.41, 5.74) is 0.724. The number of ether oxygens (including phenoxy) is 1. The van der Waals surface area contributed by atoms with Gasteiger partial charge in [-0.3, -0.25) is 4.79 Å². The molecule has 0 heterocycles. The summed E-state index contributed by atoms with van der Waals surface area (Å²) < 4.78 is 19.1. The third kappa shape index (κ3) is 5.57. The predicted octanol–water partition coefficient (Wildman–Crippen LogP) is 2.23. The fraction of sp³-hybridized carbons (Fsp3) is 0.533. The SMILES string of the molecule is CCCNCc1cccc(F)c1OCC(=O)NCCC. The highest BCUT2D eigenvalue weighted by molar-refractivity contribution is 5.77. The Bertz CT molecular complexity index is 424. The lowest BCUT2D eigenvalue weighted by Crippen LogP contribution is -2.29. The Morgan fingerprint density at radius 1 is 1.25 bits per heavy atom. The lowest BCUT2D eigenvalue weighted by atomic mass is 10.2. The highest BCUT2D eigenvalue weighted by Crippen LogP contribution is 2.22. The van der Waals surface area contributed by atoms with Crippen LogP contribution in [0.5, 0.6) is 5.75 Å². The molecule has 0 unspecified atom stereocenters. The van der Waals surface area contributed by atoms with Crippen molar-refractivity contribution in [1.29, 1.82) is 0 Å². The van der Waals surface area contributed by atoms with Crippen molar-refractivity contribution in [2.45, 2.75) is 33.2 Å². The molecule has 2 N–H and O–H groups in total. The van der Waals surface area contributed by atoms with E-state index in [9.17, 15) is 9.18 Å². The van der Waals surface area contributed by atoms with Crippen LogP contribution in [-0.4, -0.2) is 25.6 Å². The number of para-hydroxylation sites is 1. The average Bonchev–Trinajstić information content (AvgIpc) is 2.44. The number of carbonyl (C=O) groups is 1. The molecule has 0 aliphatic rings. The summed E-state index contributed by atoms with van der Waals surface area (Å²) >= 11 is 0. The molecular weight excluding hydrogens is 259 g/mol. The van der Waals surface area contributed by atoms with Crippen molar-refractivity contribution in [1.82, 2.24) is 10.6 Å². The molecule has 0 atom stereocenters. The summed E-state index contributed by atoms with van der Waals surface area (Å²) in [6.45, 7) is 5.85. The Balaban J connectivity index is 2.60. The fourth-order valence-corrected chi connectivity index (χ4v) is 1.71. The first-order chi connectivity index (χ1) is 9.69. The number of hydrogen-bond acceptors (Lipinski definition) is 3. The molecule has 0 radical (unpaired) electrons. The van der Waals surface area contributed by atoms with Crippen molar-refractivity contribution >= 4 is 5.91 Å². The highest BCUT2D eigenvalue weighted by Gasteiger charge is 2.11. The van der Waals surface area contributed by atoms with E-state index in [-0.39, 0.29) is 18.3 Å². The minimum Gasteiger partial charge on any atom is -0.480 e. The van der Waals surface area contributed by atoms with Gasteiger partial charge in [0.2, 0.25) is 0 Å². The number of carbonyl (C=O) groups excluding carboxylic acids is 1.